The van der Waals surface area contributed by atoms with Gasteiger partial charge in [0.15, 0.2) is 18.9 Å². The van der Waals surface area contributed by atoms with Crippen molar-refractivity contribution in [2.24, 2.45) is 0 Å². The normalized spacial score (nSPS) is 35.1. The van der Waals surface area contributed by atoms with Gasteiger partial charge in [-0.3, -0.25) is 0 Å². The molecule has 2 saturated heterocycles. The molecule has 266 valence electrons. The molecule has 0 amide bonds. The van der Waals surface area contributed by atoms with Crippen molar-refractivity contribution in [3.05, 3.63) is 0 Å². The largest absolute Gasteiger partial charge is 0.382 e. The van der Waals surface area contributed by atoms with E-state index in [0.717, 1.165) is 0 Å². The average molecular weight is 659 g/mol. The van der Waals surface area contributed by atoms with Gasteiger partial charge in [-0.05, 0) is 0 Å². The van der Waals surface area contributed by atoms with Crippen molar-refractivity contribution in [2.45, 2.75) is 85.8 Å². The van der Waals surface area contributed by atoms with Crippen LogP contribution in [0, 0.1) is 0 Å². The molecule has 2 aliphatic rings. The van der Waals surface area contributed by atoms with Crippen LogP contribution in [-0.4, -0.2) is 190 Å². The molecule has 0 spiro atoms. The van der Waals surface area contributed by atoms with Crippen LogP contribution in [0.1, 0.15) is 0 Å². The lowest BCUT2D eigenvalue weighted by molar-refractivity contribution is -0.351. The predicted octanol–water partition coefficient (Wildman–Crippen LogP) is -0.535. The van der Waals surface area contributed by atoms with E-state index in [1.807, 2.05) is 0 Å². The van der Waals surface area contributed by atoms with E-state index in [9.17, 15) is 4.79 Å². The summed E-state index contributed by atoms with van der Waals surface area (Å²) >= 11 is 0. The predicted molar refractivity (Wildman–Crippen MR) is 155 cm³/mol. The van der Waals surface area contributed by atoms with Gasteiger partial charge in [0, 0.05) is 78.2 Å². The molecule has 16 nitrogen and oxygen atoms in total. The lowest BCUT2D eigenvalue weighted by atomic mass is 9.97. The van der Waals surface area contributed by atoms with E-state index in [1.54, 1.807) is 21.3 Å². The molecule has 0 N–H and O–H groups in total. The topological polar surface area (TPSA) is 156 Å². The quantitative estimate of drug-likeness (QED) is 0.137. The van der Waals surface area contributed by atoms with Gasteiger partial charge in [0.05, 0.1) is 19.8 Å². The van der Waals surface area contributed by atoms with Gasteiger partial charge in [0.1, 0.15) is 73.2 Å². The van der Waals surface area contributed by atoms with Crippen molar-refractivity contribution in [1.82, 2.24) is 0 Å². The van der Waals surface area contributed by atoms with E-state index >= 15 is 0 Å². The second-order valence-electron chi connectivity index (χ2n) is 10.4. The van der Waals surface area contributed by atoms with Gasteiger partial charge in [-0.25, -0.2) is 0 Å². The van der Waals surface area contributed by atoms with Crippen LogP contribution >= 0.6 is 0 Å². The third-order valence-electron chi connectivity index (χ3n) is 8.19. The molecule has 10 unspecified atom stereocenters. The standard InChI is InChI=1S/C29H54O16/c1-31-13-17(34-4)20(35-5)23(16(12-30)33-3)45-29-27(41-11)25(39-9)22(37-7)19(44-29)15-42-28-26(40-10)24(38-8)21(36-6)18(43-28)14-32-2/h12,16-29H,13-15H2,1-11H3/t16?,17?,18?,19-,20?,21?,22-,23?,24?,25+,26?,27-,28?,29?/m1/s1. The van der Waals surface area contributed by atoms with E-state index in [4.69, 9.17) is 71.1 Å². The maximum absolute atomic E-state index is 12.1. The zero-order chi connectivity index (χ0) is 33.5. The Morgan fingerprint density at radius 2 is 1.07 bits per heavy atom. The van der Waals surface area contributed by atoms with Crippen LogP contribution in [0.3, 0.4) is 0 Å². The summed E-state index contributed by atoms with van der Waals surface area (Å²) in [5, 5.41) is 0. The average Bonchev–Trinajstić information content (AvgIpc) is 3.06. The summed E-state index contributed by atoms with van der Waals surface area (Å²) in [6.07, 6.45) is -9.92. The van der Waals surface area contributed by atoms with Gasteiger partial charge in [-0.15, -0.1) is 0 Å². The van der Waals surface area contributed by atoms with Crippen LogP contribution in [-0.2, 0) is 75.8 Å². The number of hydrogen-bond donors (Lipinski definition) is 0. The molecule has 16 heteroatoms. The van der Waals surface area contributed by atoms with Gasteiger partial charge < -0.3 is 75.8 Å². The van der Waals surface area contributed by atoms with Gasteiger partial charge in [-0.2, -0.15) is 0 Å². The summed E-state index contributed by atoms with van der Waals surface area (Å²) in [5.41, 5.74) is 0. The molecule has 0 bridgehead atoms. The zero-order valence-electron chi connectivity index (χ0n) is 28.3. The highest BCUT2D eigenvalue weighted by Crippen LogP contribution is 2.33. The third kappa shape index (κ3) is 9.81. The fourth-order valence-electron chi connectivity index (χ4n) is 5.95. The van der Waals surface area contributed by atoms with E-state index in [0.29, 0.717) is 6.29 Å². The lowest BCUT2D eigenvalue weighted by Crippen LogP contribution is -2.64. The number of rotatable bonds is 22. The zero-order valence-corrected chi connectivity index (χ0v) is 28.3. The molecule has 0 saturated carbocycles. The molecule has 0 aromatic heterocycles. The first kappa shape index (κ1) is 40.2. The molecule has 2 heterocycles. The monoisotopic (exact) mass is 658 g/mol. The molecule has 14 atom stereocenters. The van der Waals surface area contributed by atoms with Crippen molar-refractivity contribution in [3.63, 3.8) is 0 Å². The first-order chi connectivity index (χ1) is 21.8. The molecule has 2 fully saturated rings. The summed E-state index contributed by atoms with van der Waals surface area (Å²) in [6.45, 7) is 0.347. The fourth-order valence-corrected chi connectivity index (χ4v) is 5.95. The second kappa shape index (κ2) is 21.1. The number of ether oxygens (including phenoxy) is 15. The van der Waals surface area contributed by atoms with Gasteiger partial charge in [-0.1, -0.05) is 0 Å². The Morgan fingerprint density at radius 1 is 0.556 bits per heavy atom. The Kier molecular flexibility index (Phi) is 18.9. The smallest absolute Gasteiger partial charge is 0.187 e. The highest BCUT2D eigenvalue weighted by molar-refractivity contribution is 5.57. The Labute approximate surface area is 266 Å². The molecule has 2 aliphatic heterocycles. The van der Waals surface area contributed by atoms with Crippen LogP contribution in [0.2, 0.25) is 0 Å². The molecule has 2 rings (SSSR count). The maximum Gasteiger partial charge on any atom is 0.187 e. The van der Waals surface area contributed by atoms with E-state index in [2.05, 4.69) is 0 Å². The van der Waals surface area contributed by atoms with E-state index in [1.165, 1.54) is 56.9 Å². The summed E-state index contributed by atoms with van der Waals surface area (Å²) in [7, 11) is 16.7. The Bertz CT molecular complexity index is 793. The minimum absolute atomic E-state index is 0.0445. The van der Waals surface area contributed by atoms with Gasteiger partial charge in [0.2, 0.25) is 0 Å². The maximum atomic E-state index is 12.1. The van der Waals surface area contributed by atoms with Crippen LogP contribution in [0.5, 0.6) is 0 Å². The van der Waals surface area contributed by atoms with Crippen molar-refractivity contribution in [3.8, 4) is 0 Å². The summed E-state index contributed by atoms with van der Waals surface area (Å²) < 4.78 is 87.5. The molecule has 0 radical (unpaired) electrons. The summed E-state index contributed by atoms with van der Waals surface area (Å²) in [5.74, 6) is 0. The highest BCUT2D eigenvalue weighted by Gasteiger charge is 2.52. The van der Waals surface area contributed by atoms with Crippen LogP contribution in [0.15, 0.2) is 0 Å². The number of carbonyl (C=O) groups is 1. The van der Waals surface area contributed by atoms with Crippen molar-refractivity contribution >= 4 is 6.29 Å². The van der Waals surface area contributed by atoms with Crippen molar-refractivity contribution in [2.75, 3.05) is 98.0 Å². The molecule has 0 aromatic carbocycles. The van der Waals surface area contributed by atoms with Gasteiger partial charge >= 0.3 is 0 Å². The highest BCUT2D eigenvalue weighted by atomic mass is 16.8. The summed E-state index contributed by atoms with van der Waals surface area (Å²) in [4.78, 5) is 12.1. The number of carbonyl (C=O) groups excluding carboxylic acids is 1. The minimum Gasteiger partial charge on any atom is -0.382 e. The molecule has 0 aliphatic carbocycles. The number of hydrogen-bond acceptors (Lipinski definition) is 16. The molecular weight excluding hydrogens is 604 g/mol. The first-order valence-corrected chi connectivity index (χ1v) is 14.6. The van der Waals surface area contributed by atoms with Crippen molar-refractivity contribution < 1.29 is 75.8 Å². The lowest BCUT2D eigenvalue weighted by Gasteiger charge is -2.47. The van der Waals surface area contributed by atoms with Crippen LogP contribution < -0.4 is 0 Å². The Hall–Kier alpha value is -0.930. The van der Waals surface area contributed by atoms with Crippen LogP contribution in [0.4, 0.5) is 0 Å². The third-order valence-corrected chi connectivity index (χ3v) is 8.19. The number of aldehydes is 1. The minimum atomic E-state index is -1.10. The molecule has 45 heavy (non-hydrogen) atoms. The van der Waals surface area contributed by atoms with Crippen molar-refractivity contribution in [1.29, 1.82) is 0 Å². The second-order valence-corrected chi connectivity index (χ2v) is 10.4. The van der Waals surface area contributed by atoms with E-state index < -0.39 is 85.8 Å². The first-order valence-electron chi connectivity index (χ1n) is 14.6. The Morgan fingerprint density at radius 3 is 1.49 bits per heavy atom. The Balaban J connectivity index is 2.40. The van der Waals surface area contributed by atoms with E-state index in [-0.39, 0.29) is 19.8 Å². The molecule has 0 aromatic rings. The fraction of sp³-hybridized carbons (Fsp3) is 0.966. The van der Waals surface area contributed by atoms with Crippen LogP contribution in [0.25, 0.3) is 0 Å². The number of methoxy groups -OCH3 is 11. The SMILES string of the molecule is COCC(OC)C(OC)C(OC1O[C@H](COC2OC(COC)C(OC)C(OC)C2OC)[C@@H](OC)[C@H](OC)[C@H]1OC)C(C=O)OC. The van der Waals surface area contributed by atoms with Gasteiger partial charge in [0.25, 0.3) is 0 Å². The summed E-state index contributed by atoms with van der Waals surface area (Å²) in [6, 6.07) is 0. The molecular formula is C29H54O16.